The average Bonchev–Trinajstić information content (AvgIpc) is 3.31. The Hall–Kier alpha value is -2.83. The summed E-state index contributed by atoms with van der Waals surface area (Å²) < 4.78 is 0. The Morgan fingerprint density at radius 2 is 0.966 bits per heavy atom. The minimum absolute atomic E-state index is 0.569. The maximum absolute atomic E-state index is 7.44. The van der Waals surface area contributed by atoms with Gasteiger partial charge in [-0.2, -0.15) is 0 Å². The van der Waals surface area contributed by atoms with Gasteiger partial charge in [0.2, 0.25) is 0 Å². The molecule has 140 valence electrons. The smallest absolute Gasteiger partial charge is 0.0921 e. The lowest BCUT2D eigenvalue weighted by atomic mass is 9.83. The Balaban J connectivity index is 1.53. The molecule has 0 heterocycles. The molecule has 0 saturated heterocycles. The van der Waals surface area contributed by atoms with Crippen LogP contribution >= 0.6 is 11.6 Å². The molecule has 0 saturated carbocycles. The van der Waals surface area contributed by atoms with E-state index in [0.717, 1.165) is 12.8 Å². The van der Waals surface area contributed by atoms with Crippen molar-refractivity contribution in [3.05, 3.63) is 118 Å². The molecule has 0 fully saturated rings. The van der Waals surface area contributed by atoms with Crippen LogP contribution in [0.3, 0.4) is 0 Å². The van der Waals surface area contributed by atoms with Crippen molar-refractivity contribution in [2.24, 2.45) is 0 Å². The monoisotopic (exact) mass is 392 g/mol. The molecule has 0 aromatic heterocycles. The van der Waals surface area contributed by atoms with Crippen molar-refractivity contribution < 1.29 is 0 Å². The molecule has 2 aliphatic carbocycles. The van der Waals surface area contributed by atoms with Gasteiger partial charge >= 0.3 is 0 Å². The fraction of sp³-hybridized carbons (Fsp3) is 0.143. The van der Waals surface area contributed by atoms with Gasteiger partial charge in [0, 0.05) is 0 Å². The van der Waals surface area contributed by atoms with Gasteiger partial charge < -0.3 is 0 Å². The van der Waals surface area contributed by atoms with Crippen LogP contribution in [0, 0.1) is 0 Å². The standard InChI is InChI=1S/C28H21Cl/c1-28(29,26-14-6-12-22-20-10-4-2-8-18(20)16-24(22)26)27-15-7-13-23-21-11-5-3-9-19(21)17-25(23)27/h2-15H,16-17H2,1H3. The molecule has 1 heteroatoms. The molecule has 0 aliphatic heterocycles. The molecule has 0 bridgehead atoms. The molecule has 0 unspecified atom stereocenters. The highest BCUT2D eigenvalue weighted by atomic mass is 35.5. The lowest BCUT2D eigenvalue weighted by Crippen LogP contribution is -2.20. The first-order chi connectivity index (χ1) is 14.1. The quantitative estimate of drug-likeness (QED) is 0.270. The van der Waals surface area contributed by atoms with E-state index in [-0.39, 0.29) is 0 Å². The number of rotatable bonds is 2. The van der Waals surface area contributed by atoms with Crippen molar-refractivity contribution in [3.8, 4) is 22.3 Å². The van der Waals surface area contributed by atoms with Gasteiger partial charge in [-0.25, -0.2) is 0 Å². The third kappa shape index (κ3) is 2.39. The molecule has 0 radical (unpaired) electrons. The number of benzene rings is 4. The molecule has 4 aromatic carbocycles. The maximum Gasteiger partial charge on any atom is 0.0921 e. The lowest BCUT2D eigenvalue weighted by Gasteiger charge is -2.28. The van der Waals surface area contributed by atoms with Crippen molar-refractivity contribution in [3.63, 3.8) is 0 Å². The Labute approximate surface area is 176 Å². The van der Waals surface area contributed by atoms with E-state index in [1.165, 1.54) is 55.6 Å². The second-order valence-electron chi connectivity index (χ2n) is 8.33. The number of alkyl halides is 1. The molecule has 0 nitrogen and oxygen atoms in total. The number of halogens is 1. The van der Waals surface area contributed by atoms with Crippen molar-refractivity contribution in [1.82, 2.24) is 0 Å². The molecular formula is C28H21Cl. The molecule has 29 heavy (non-hydrogen) atoms. The number of hydrogen-bond donors (Lipinski definition) is 0. The third-order valence-corrected chi connectivity index (χ3v) is 7.12. The summed E-state index contributed by atoms with van der Waals surface area (Å²) in [6.45, 7) is 2.17. The maximum atomic E-state index is 7.44. The average molecular weight is 393 g/mol. The molecule has 4 aromatic rings. The van der Waals surface area contributed by atoms with Crippen LogP contribution in [0.1, 0.15) is 40.3 Å². The van der Waals surface area contributed by atoms with E-state index in [0.29, 0.717) is 0 Å². The first kappa shape index (κ1) is 17.1. The largest absolute Gasteiger partial charge is 0.109 e. The summed E-state index contributed by atoms with van der Waals surface area (Å²) in [6, 6.07) is 30.7. The highest BCUT2D eigenvalue weighted by molar-refractivity contribution is 6.26. The predicted octanol–water partition coefficient (Wildman–Crippen LogP) is 7.33. The zero-order valence-corrected chi connectivity index (χ0v) is 17.1. The highest BCUT2D eigenvalue weighted by Gasteiger charge is 2.35. The fourth-order valence-electron chi connectivity index (χ4n) is 5.34. The summed E-state index contributed by atoms with van der Waals surface area (Å²) >= 11 is 7.44. The molecule has 0 amide bonds. The SMILES string of the molecule is CC(Cl)(c1cccc2c1Cc1ccccc1-2)c1cccc2c1Cc1ccccc1-2. The van der Waals surface area contributed by atoms with Crippen LogP contribution in [0.4, 0.5) is 0 Å². The van der Waals surface area contributed by atoms with Crippen molar-refractivity contribution >= 4 is 11.6 Å². The molecule has 0 spiro atoms. The summed E-state index contributed by atoms with van der Waals surface area (Å²) in [5.74, 6) is 0. The first-order valence-electron chi connectivity index (χ1n) is 10.2. The molecule has 6 rings (SSSR count). The Morgan fingerprint density at radius 3 is 1.45 bits per heavy atom. The summed E-state index contributed by atoms with van der Waals surface area (Å²) in [4.78, 5) is -0.569. The second kappa shape index (κ2) is 6.08. The molecular weight excluding hydrogens is 372 g/mol. The van der Waals surface area contributed by atoms with Gasteiger partial charge in [-0.3, -0.25) is 0 Å². The van der Waals surface area contributed by atoms with Crippen LogP contribution in [-0.4, -0.2) is 0 Å². The Morgan fingerprint density at radius 1 is 0.552 bits per heavy atom. The zero-order valence-electron chi connectivity index (χ0n) is 16.4. The van der Waals surface area contributed by atoms with Crippen LogP contribution in [0.15, 0.2) is 84.9 Å². The van der Waals surface area contributed by atoms with Crippen LogP contribution < -0.4 is 0 Å². The molecule has 0 N–H and O–H groups in total. The predicted molar refractivity (Wildman–Crippen MR) is 122 cm³/mol. The minimum Gasteiger partial charge on any atom is -0.109 e. The molecule has 0 atom stereocenters. The second-order valence-corrected chi connectivity index (χ2v) is 9.09. The van der Waals surface area contributed by atoms with E-state index in [9.17, 15) is 0 Å². The topological polar surface area (TPSA) is 0 Å². The van der Waals surface area contributed by atoms with Crippen LogP contribution in [0.25, 0.3) is 22.3 Å². The van der Waals surface area contributed by atoms with E-state index in [2.05, 4.69) is 91.9 Å². The van der Waals surface area contributed by atoms with E-state index in [1.807, 2.05) is 0 Å². The van der Waals surface area contributed by atoms with Gasteiger partial charge in [0.05, 0.1) is 4.87 Å². The van der Waals surface area contributed by atoms with Crippen molar-refractivity contribution in [2.45, 2.75) is 24.6 Å². The van der Waals surface area contributed by atoms with Gasteiger partial charge in [0.1, 0.15) is 0 Å². The highest BCUT2D eigenvalue weighted by Crippen LogP contribution is 2.49. The fourth-order valence-corrected chi connectivity index (χ4v) is 5.69. The van der Waals surface area contributed by atoms with E-state index >= 15 is 0 Å². The van der Waals surface area contributed by atoms with Crippen LogP contribution in [0.5, 0.6) is 0 Å². The van der Waals surface area contributed by atoms with Gasteiger partial charge in [-0.15, -0.1) is 11.6 Å². The summed E-state index contributed by atoms with van der Waals surface area (Å²) in [7, 11) is 0. The van der Waals surface area contributed by atoms with Gasteiger partial charge in [-0.05, 0) is 75.4 Å². The van der Waals surface area contributed by atoms with E-state index in [4.69, 9.17) is 11.6 Å². The van der Waals surface area contributed by atoms with Crippen LogP contribution in [-0.2, 0) is 17.7 Å². The third-order valence-electron chi connectivity index (χ3n) is 6.71. The normalized spacial score (nSPS) is 13.6. The van der Waals surface area contributed by atoms with E-state index in [1.54, 1.807) is 0 Å². The van der Waals surface area contributed by atoms with E-state index < -0.39 is 4.87 Å². The van der Waals surface area contributed by atoms with Crippen LogP contribution in [0.2, 0.25) is 0 Å². The minimum atomic E-state index is -0.569. The first-order valence-corrected chi connectivity index (χ1v) is 10.6. The lowest BCUT2D eigenvalue weighted by molar-refractivity contribution is 0.799. The summed E-state index contributed by atoms with van der Waals surface area (Å²) in [6.07, 6.45) is 1.92. The van der Waals surface area contributed by atoms with Gasteiger partial charge in [0.15, 0.2) is 0 Å². The number of fused-ring (bicyclic) bond motifs is 6. The van der Waals surface area contributed by atoms with Gasteiger partial charge in [0.25, 0.3) is 0 Å². The zero-order chi connectivity index (χ0) is 19.6. The molecule has 2 aliphatic rings. The summed E-state index contributed by atoms with van der Waals surface area (Å²) in [5, 5.41) is 0. The van der Waals surface area contributed by atoms with Crippen molar-refractivity contribution in [2.75, 3.05) is 0 Å². The van der Waals surface area contributed by atoms with Gasteiger partial charge in [-0.1, -0.05) is 84.9 Å². The Kier molecular flexibility index (Phi) is 3.58. The number of hydrogen-bond acceptors (Lipinski definition) is 0. The Bertz CT molecular complexity index is 1180. The van der Waals surface area contributed by atoms with Crippen molar-refractivity contribution in [1.29, 1.82) is 0 Å². The summed E-state index contributed by atoms with van der Waals surface area (Å²) in [5.41, 5.74) is 13.4.